The van der Waals surface area contributed by atoms with E-state index in [0.717, 1.165) is 0 Å². The quantitative estimate of drug-likeness (QED) is 0.623. The van der Waals surface area contributed by atoms with E-state index in [4.69, 9.17) is 9.47 Å². The molecule has 8 heteroatoms. The molecule has 2 N–H and O–H groups in total. The second-order valence-electron chi connectivity index (χ2n) is 7.44. The van der Waals surface area contributed by atoms with E-state index in [9.17, 15) is 14.4 Å². The Morgan fingerprint density at radius 3 is 2.22 bits per heavy atom. The largest absolute Gasteiger partial charge is 0.490 e. The summed E-state index contributed by atoms with van der Waals surface area (Å²) in [5, 5.41) is 5.54. The predicted molar refractivity (Wildman–Crippen MR) is 120 cm³/mol. The predicted octanol–water partition coefficient (Wildman–Crippen LogP) is 2.00. The van der Waals surface area contributed by atoms with Gasteiger partial charge in [-0.05, 0) is 44.0 Å². The summed E-state index contributed by atoms with van der Waals surface area (Å²) in [5.41, 5.74) is 0.512. The molecule has 0 atom stereocenters. The van der Waals surface area contributed by atoms with Gasteiger partial charge in [-0.15, -0.1) is 0 Å². The van der Waals surface area contributed by atoms with Gasteiger partial charge in [0.2, 0.25) is 5.91 Å². The fourth-order valence-corrected chi connectivity index (χ4v) is 3.48. The van der Waals surface area contributed by atoms with Crippen LogP contribution in [-0.2, 0) is 9.59 Å². The normalized spacial score (nSPS) is 13.8. The monoisotopic (exact) mass is 439 g/mol. The van der Waals surface area contributed by atoms with E-state index in [0.29, 0.717) is 49.6 Å². The van der Waals surface area contributed by atoms with E-state index in [1.807, 2.05) is 25.1 Å². The number of amides is 3. The standard InChI is InChI=1S/C24H29N3O5/c1-2-31-20-10-6-7-11-21(20)32-17-23(29)27-14-12-19(13-15-27)26-22(28)16-25-24(30)18-8-4-3-5-9-18/h3-11,19H,2,12-17H2,1H3,(H,25,30)(H,26,28). The molecular weight excluding hydrogens is 410 g/mol. The molecule has 0 saturated carbocycles. The summed E-state index contributed by atoms with van der Waals surface area (Å²) in [6.45, 7) is 3.34. The number of rotatable bonds is 9. The number of carbonyl (C=O) groups excluding carboxylic acids is 3. The molecule has 1 aliphatic rings. The summed E-state index contributed by atoms with van der Waals surface area (Å²) in [5.74, 6) is 0.532. The van der Waals surface area contributed by atoms with Crippen LogP contribution in [0.4, 0.5) is 0 Å². The van der Waals surface area contributed by atoms with Gasteiger partial charge in [0.1, 0.15) is 0 Å². The van der Waals surface area contributed by atoms with Crippen LogP contribution in [0.3, 0.4) is 0 Å². The van der Waals surface area contributed by atoms with E-state index < -0.39 is 0 Å². The number of nitrogens with zero attached hydrogens (tertiary/aromatic N) is 1. The number of nitrogens with one attached hydrogen (secondary N) is 2. The number of hydrogen-bond donors (Lipinski definition) is 2. The second-order valence-corrected chi connectivity index (χ2v) is 7.44. The zero-order valence-corrected chi connectivity index (χ0v) is 18.2. The Morgan fingerprint density at radius 1 is 0.938 bits per heavy atom. The molecule has 0 unspecified atom stereocenters. The number of hydrogen-bond acceptors (Lipinski definition) is 5. The highest BCUT2D eigenvalue weighted by Crippen LogP contribution is 2.26. The minimum Gasteiger partial charge on any atom is -0.490 e. The molecule has 32 heavy (non-hydrogen) atoms. The molecule has 0 aliphatic carbocycles. The lowest BCUT2D eigenvalue weighted by Crippen LogP contribution is -2.49. The number of ether oxygens (including phenoxy) is 2. The Hall–Kier alpha value is -3.55. The molecule has 0 bridgehead atoms. The van der Waals surface area contributed by atoms with Crippen LogP contribution in [0.5, 0.6) is 11.5 Å². The van der Waals surface area contributed by atoms with Gasteiger partial charge in [0.05, 0.1) is 13.2 Å². The number of piperidine rings is 1. The molecule has 3 rings (SSSR count). The third-order valence-corrected chi connectivity index (χ3v) is 5.16. The lowest BCUT2D eigenvalue weighted by Gasteiger charge is -2.32. The van der Waals surface area contributed by atoms with Crippen molar-refractivity contribution in [3.8, 4) is 11.5 Å². The molecular formula is C24H29N3O5. The van der Waals surface area contributed by atoms with Crippen LogP contribution in [0.2, 0.25) is 0 Å². The van der Waals surface area contributed by atoms with Gasteiger partial charge >= 0.3 is 0 Å². The SMILES string of the molecule is CCOc1ccccc1OCC(=O)N1CCC(NC(=O)CNC(=O)c2ccccc2)CC1. The summed E-state index contributed by atoms with van der Waals surface area (Å²) in [4.78, 5) is 38.4. The van der Waals surface area contributed by atoms with Crippen molar-refractivity contribution in [3.05, 3.63) is 60.2 Å². The topological polar surface area (TPSA) is 97.0 Å². The molecule has 1 heterocycles. The maximum absolute atomic E-state index is 12.5. The molecule has 8 nitrogen and oxygen atoms in total. The molecule has 1 fully saturated rings. The Kier molecular flexibility index (Phi) is 8.48. The van der Waals surface area contributed by atoms with Crippen molar-refractivity contribution in [1.29, 1.82) is 0 Å². The van der Waals surface area contributed by atoms with Crippen LogP contribution >= 0.6 is 0 Å². The third-order valence-electron chi connectivity index (χ3n) is 5.16. The van der Waals surface area contributed by atoms with Crippen molar-refractivity contribution >= 4 is 17.7 Å². The Bertz CT molecular complexity index is 911. The molecule has 3 amide bonds. The number of carbonyl (C=O) groups is 3. The number of benzene rings is 2. The first-order valence-corrected chi connectivity index (χ1v) is 10.8. The van der Waals surface area contributed by atoms with Gasteiger partial charge in [-0.25, -0.2) is 0 Å². The summed E-state index contributed by atoms with van der Waals surface area (Å²) >= 11 is 0. The smallest absolute Gasteiger partial charge is 0.260 e. The highest BCUT2D eigenvalue weighted by Gasteiger charge is 2.24. The van der Waals surface area contributed by atoms with Gasteiger partial charge in [-0.2, -0.15) is 0 Å². The van der Waals surface area contributed by atoms with Gasteiger partial charge in [0.15, 0.2) is 18.1 Å². The van der Waals surface area contributed by atoms with E-state index in [1.165, 1.54) is 0 Å². The zero-order chi connectivity index (χ0) is 22.8. The van der Waals surface area contributed by atoms with Crippen LogP contribution in [0.25, 0.3) is 0 Å². The van der Waals surface area contributed by atoms with Gasteiger partial charge in [0, 0.05) is 24.7 Å². The molecule has 0 aromatic heterocycles. The van der Waals surface area contributed by atoms with Gasteiger partial charge < -0.3 is 25.0 Å². The Morgan fingerprint density at radius 2 is 1.56 bits per heavy atom. The Balaban J connectivity index is 1.37. The van der Waals surface area contributed by atoms with Crippen LogP contribution in [0.1, 0.15) is 30.1 Å². The fourth-order valence-electron chi connectivity index (χ4n) is 3.48. The second kappa shape index (κ2) is 11.7. The van der Waals surface area contributed by atoms with Gasteiger partial charge in [-0.1, -0.05) is 30.3 Å². The molecule has 1 saturated heterocycles. The van der Waals surface area contributed by atoms with Crippen LogP contribution in [-0.4, -0.2) is 61.5 Å². The minimum absolute atomic E-state index is 0.0280. The van der Waals surface area contributed by atoms with E-state index in [1.54, 1.807) is 41.3 Å². The summed E-state index contributed by atoms with van der Waals surface area (Å²) in [6, 6.07) is 16.0. The first kappa shape index (κ1) is 23.1. The average Bonchev–Trinajstić information content (AvgIpc) is 2.83. The first-order chi connectivity index (χ1) is 15.6. The highest BCUT2D eigenvalue weighted by molar-refractivity contribution is 5.96. The Labute approximate surface area is 187 Å². The van der Waals surface area contributed by atoms with E-state index in [-0.39, 0.29) is 36.9 Å². The molecule has 0 spiro atoms. The van der Waals surface area contributed by atoms with Gasteiger partial charge in [0.25, 0.3) is 11.8 Å². The fraction of sp³-hybridized carbons (Fsp3) is 0.375. The van der Waals surface area contributed by atoms with Crippen LogP contribution < -0.4 is 20.1 Å². The van der Waals surface area contributed by atoms with Crippen molar-refractivity contribution in [2.24, 2.45) is 0 Å². The third kappa shape index (κ3) is 6.73. The van der Waals surface area contributed by atoms with Crippen LogP contribution in [0, 0.1) is 0 Å². The first-order valence-electron chi connectivity index (χ1n) is 10.8. The zero-order valence-electron chi connectivity index (χ0n) is 18.2. The maximum atomic E-state index is 12.5. The van der Waals surface area contributed by atoms with Crippen molar-refractivity contribution in [3.63, 3.8) is 0 Å². The van der Waals surface area contributed by atoms with Crippen molar-refractivity contribution in [1.82, 2.24) is 15.5 Å². The summed E-state index contributed by atoms with van der Waals surface area (Å²) in [6.07, 6.45) is 1.30. The lowest BCUT2D eigenvalue weighted by molar-refractivity contribution is -0.134. The highest BCUT2D eigenvalue weighted by atomic mass is 16.5. The molecule has 0 radical (unpaired) electrons. The molecule has 1 aliphatic heterocycles. The average molecular weight is 440 g/mol. The number of para-hydroxylation sites is 2. The summed E-state index contributed by atoms with van der Waals surface area (Å²) < 4.78 is 11.2. The van der Waals surface area contributed by atoms with E-state index >= 15 is 0 Å². The van der Waals surface area contributed by atoms with E-state index in [2.05, 4.69) is 10.6 Å². The van der Waals surface area contributed by atoms with Gasteiger partial charge in [-0.3, -0.25) is 14.4 Å². The van der Waals surface area contributed by atoms with Crippen molar-refractivity contribution < 1.29 is 23.9 Å². The maximum Gasteiger partial charge on any atom is 0.260 e. The van der Waals surface area contributed by atoms with Crippen LogP contribution in [0.15, 0.2) is 54.6 Å². The summed E-state index contributed by atoms with van der Waals surface area (Å²) in [7, 11) is 0. The number of likely N-dealkylation sites (tertiary alicyclic amines) is 1. The van der Waals surface area contributed by atoms with Crippen molar-refractivity contribution in [2.75, 3.05) is 32.8 Å². The molecule has 170 valence electrons. The molecule has 2 aromatic carbocycles. The lowest BCUT2D eigenvalue weighted by atomic mass is 10.0. The minimum atomic E-state index is -0.285. The molecule has 2 aromatic rings. The van der Waals surface area contributed by atoms with Crippen molar-refractivity contribution in [2.45, 2.75) is 25.8 Å².